The summed E-state index contributed by atoms with van der Waals surface area (Å²) in [6.45, 7) is 2.10. The SMILES string of the molecule is CCC(=O)Nc1ccc(C(=O)CCCN=[N+]=[N-])cc1. The summed E-state index contributed by atoms with van der Waals surface area (Å²) in [5.41, 5.74) is 9.38. The van der Waals surface area contributed by atoms with Crippen LogP contribution in [0.2, 0.25) is 0 Å². The van der Waals surface area contributed by atoms with Crippen LogP contribution in [0.5, 0.6) is 0 Å². The minimum atomic E-state index is -0.0616. The summed E-state index contributed by atoms with van der Waals surface area (Å²) in [5.74, 6) is -0.0602. The fourth-order valence-electron chi connectivity index (χ4n) is 1.49. The number of nitrogens with zero attached hydrogens (tertiary/aromatic N) is 3. The lowest BCUT2D eigenvalue weighted by Gasteiger charge is -2.04. The van der Waals surface area contributed by atoms with Crippen LogP contribution in [-0.2, 0) is 4.79 Å². The molecular weight excluding hydrogens is 244 g/mol. The Labute approximate surface area is 111 Å². The molecule has 0 heterocycles. The highest BCUT2D eigenvalue weighted by Crippen LogP contribution is 2.12. The highest BCUT2D eigenvalue weighted by atomic mass is 16.1. The molecule has 0 saturated heterocycles. The number of amides is 1. The summed E-state index contributed by atoms with van der Waals surface area (Å²) in [7, 11) is 0. The van der Waals surface area contributed by atoms with Gasteiger partial charge in [-0.1, -0.05) is 12.0 Å². The Hall–Kier alpha value is -2.33. The number of nitrogens with one attached hydrogen (secondary N) is 1. The Balaban J connectivity index is 2.53. The molecule has 19 heavy (non-hydrogen) atoms. The van der Waals surface area contributed by atoms with E-state index >= 15 is 0 Å². The third-order valence-corrected chi connectivity index (χ3v) is 2.54. The van der Waals surface area contributed by atoms with Gasteiger partial charge in [-0.05, 0) is 36.2 Å². The molecule has 1 amide bonds. The van der Waals surface area contributed by atoms with Crippen LogP contribution in [0.3, 0.4) is 0 Å². The van der Waals surface area contributed by atoms with Crippen LogP contribution in [0.25, 0.3) is 10.4 Å². The van der Waals surface area contributed by atoms with Crippen LogP contribution in [-0.4, -0.2) is 18.2 Å². The molecule has 0 aliphatic heterocycles. The van der Waals surface area contributed by atoms with Crippen molar-refractivity contribution in [1.29, 1.82) is 0 Å². The molecule has 1 N–H and O–H groups in total. The predicted octanol–water partition coefficient (Wildman–Crippen LogP) is 3.31. The zero-order valence-corrected chi connectivity index (χ0v) is 10.8. The number of hydrogen-bond acceptors (Lipinski definition) is 3. The lowest BCUT2D eigenvalue weighted by molar-refractivity contribution is -0.115. The first-order valence-corrected chi connectivity index (χ1v) is 6.11. The van der Waals surface area contributed by atoms with Gasteiger partial charge in [0.15, 0.2) is 5.78 Å². The first kappa shape index (κ1) is 14.7. The summed E-state index contributed by atoms with van der Waals surface area (Å²) in [5, 5.41) is 6.09. The Bertz CT molecular complexity index is 490. The Morgan fingerprint density at radius 2 is 2.00 bits per heavy atom. The van der Waals surface area contributed by atoms with Gasteiger partial charge in [0.05, 0.1) is 0 Å². The number of Topliss-reactive ketones (excluding diaryl/α,β-unsaturated/α-hetero) is 1. The van der Waals surface area contributed by atoms with Gasteiger partial charge in [-0.2, -0.15) is 0 Å². The number of benzene rings is 1. The molecule has 0 bridgehead atoms. The third-order valence-electron chi connectivity index (χ3n) is 2.54. The van der Waals surface area contributed by atoms with E-state index in [1.165, 1.54) is 0 Å². The Morgan fingerprint density at radius 1 is 1.32 bits per heavy atom. The molecule has 0 aliphatic carbocycles. The van der Waals surface area contributed by atoms with Gasteiger partial charge in [-0.25, -0.2) is 0 Å². The van der Waals surface area contributed by atoms with Gasteiger partial charge < -0.3 is 5.32 Å². The number of ketones is 1. The normalized spacial score (nSPS) is 9.53. The molecule has 1 aromatic carbocycles. The number of carbonyl (C=O) groups excluding carboxylic acids is 2. The topological polar surface area (TPSA) is 94.9 Å². The molecule has 0 fully saturated rings. The maximum Gasteiger partial charge on any atom is 0.224 e. The van der Waals surface area contributed by atoms with Crippen molar-refractivity contribution in [3.05, 3.63) is 40.3 Å². The van der Waals surface area contributed by atoms with Crippen LogP contribution in [0, 0.1) is 0 Å². The fourth-order valence-corrected chi connectivity index (χ4v) is 1.49. The van der Waals surface area contributed by atoms with Gasteiger partial charge in [-0.3, -0.25) is 9.59 Å². The highest BCUT2D eigenvalue weighted by molar-refractivity contribution is 5.97. The van der Waals surface area contributed by atoms with E-state index in [1.807, 2.05) is 0 Å². The van der Waals surface area contributed by atoms with Gasteiger partial charge >= 0.3 is 0 Å². The van der Waals surface area contributed by atoms with E-state index in [-0.39, 0.29) is 11.7 Å². The van der Waals surface area contributed by atoms with Crippen molar-refractivity contribution in [3.8, 4) is 0 Å². The van der Waals surface area contributed by atoms with E-state index in [0.29, 0.717) is 37.1 Å². The van der Waals surface area contributed by atoms with E-state index in [4.69, 9.17) is 5.53 Å². The molecule has 0 saturated carbocycles. The largest absolute Gasteiger partial charge is 0.326 e. The molecule has 1 rings (SSSR count). The van der Waals surface area contributed by atoms with Crippen LogP contribution in [0.4, 0.5) is 5.69 Å². The van der Waals surface area contributed by atoms with Crippen LogP contribution in [0.1, 0.15) is 36.5 Å². The standard InChI is InChI=1S/C13H16N4O2/c1-2-13(19)16-11-7-5-10(6-8-11)12(18)4-3-9-15-17-14/h5-8H,2-4,9H2,1H3,(H,16,19). The Kier molecular flexibility index (Phi) is 6.12. The first-order chi connectivity index (χ1) is 9.17. The second-order valence-corrected chi connectivity index (χ2v) is 3.96. The molecule has 0 radical (unpaired) electrons. The number of rotatable bonds is 7. The molecule has 1 aromatic rings. The molecule has 100 valence electrons. The number of azide groups is 1. The molecule has 0 aliphatic rings. The molecule has 6 heteroatoms. The van der Waals surface area contributed by atoms with E-state index in [9.17, 15) is 9.59 Å². The fraction of sp³-hybridized carbons (Fsp3) is 0.385. The maximum absolute atomic E-state index is 11.8. The van der Waals surface area contributed by atoms with Crippen molar-refractivity contribution >= 4 is 17.4 Å². The van der Waals surface area contributed by atoms with E-state index < -0.39 is 0 Å². The van der Waals surface area contributed by atoms with Crippen LogP contribution >= 0.6 is 0 Å². The van der Waals surface area contributed by atoms with Crippen molar-refractivity contribution in [2.45, 2.75) is 26.2 Å². The van der Waals surface area contributed by atoms with Gasteiger partial charge in [-0.15, -0.1) is 0 Å². The molecule has 0 atom stereocenters. The van der Waals surface area contributed by atoms with Crippen molar-refractivity contribution in [3.63, 3.8) is 0 Å². The summed E-state index contributed by atoms with van der Waals surface area (Å²) in [4.78, 5) is 25.6. The summed E-state index contributed by atoms with van der Waals surface area (Å²) in [6.07, 6.45) is 1.30. The van der Waals surface area contributed by atoms with Crippen LogP contribution < -0.4 is 5.32 Å². The maximum atomic E-state index is 11.8. The molecule has 0 unspecified atom stereocenters. The number of hydrogen-bond donors (Lipinski definition) is 1. The number of carbonyl (C=O) groups is 2. The summed E-state index contributed by atoms with van der Waals surface area (Å²) in [6, 6.07) is 6.77. The zero-order chi connectivity index (χ0) is 14.1. The smallest absolute Gasteiger partial charge is 0.224 e. The monoisotopic (exact) mass is 260 g/mol. The highest BCUT2D eigenvalue weighted by Gasteiger charge is 2.05. The molecule has 0 spiro atoms. The van der Waals surface area contributed by atoms with E-state index in [0.717, 1.165) is 0 Å². The second-order valence-electron chi connectivity index (χ2n) is 3.96. The molecule has 0 aromatic heterocycles. The first-order valence-electron chi connectivity index (χ1n) is 6.11. The van der Waals surface area contributed by atoms with Crippen molar-refractivity contribution in [2.24, 2.45) is 5.11 Å². The third kappa shape index (κ3) is 5.23. The zero-order valence-electron chi connectivity index (χ0n) is 10.8. The average molecular weight is 260 g/mol. The molecule has 6 nitrogen and oxygen atoms in total. The van der Waals surface area contributed by atoms with Crippen molar-refractivity contribution < 1.29 is 9.59 Å². The Morgan fingerprint density at radius 3 is 2.58 bits per heavy atom. The van der Waals surface area contributed by atoms with E-state index in [2.05, 4.69) is 15.3 Å². The lowest BCUT2D eigenvalue weighted by atomic mass is 10.1. The van der Waals surface area contributed by atoms with E-state index in [1.54, 1.807) is 31.2 Å². The quantitative estimate of drug-likeness (QED) is 0.267. The van der Waals surface area contributed by atoms with Gasteiger partial charge in [0.2, 0.25) is 5.91 Å². The molecular formula is C13H16N4O2. The van der Waals surface area contributed by atoms with Gasteiger partial charge in [0.1, 0.15) is 0 Å². The minimum Gasteiger partial charge on any atom is -0.326 e. The summed E-state index contributed by atoms with van der Waals surface area (Å²) < 4.78 is 0. The number of anilines is 1. The van der Waals surface area contributed by atoms with Crippen molar-refractivity contribution in [2.75, 3.05) is 11.9 Å². The average Bonchev–Trinajstić information content (AvgIpc) is 2.44. The summed E-state index contributed by atoms with van der Waals surface area (Å²) >= 11 is 0. The van der Waals surface area contributed by atoms with Gasteiger partial charge in [0.25, 0.3) is 0 Å². The minimum absolute atomic E-state index is 0.00140. The van der Waals surface area contributed by atoms with Gasteiger partial charge in [0, 0.05) is 35.5 Å². The second kappa shape index (κ2) is 7.89. The van der Waals surface area contributed by atoms with Crippen LogP contribution in [0.15, 0.2) is 29.4 Å². The lowest BCUT2D eigenvalue weighted by Crippen LogP contribution is -2.09. The predicted molar refractivity (Wildman–Crippen MR) is 72.9 cm³/mol. The van der Waals surface area contributed by atoms with Crippen molar-refractivity contribution in [1.82, 2.24) is 0 Å².